The Morgan fingerprint density at radius 2 is 1.56 bits per heavy atom. The summed E-state index contributed by atoms with van der Waals surface area (Å²) in [4.78, 5) is 32.9. The van der Waals surface area contributed by atoms with Crippen molar-refractivity contribution in [2.75, 3.05) is 6.61 Å². The van der Waals surface area contributed by atoms with Crippen LogP contribution in [0.4, 0.5) is 4.79 Å². The largest absolute Gasteiger partial charge is 0.469 e. The van der Waals surface area contributed by atoms with Crippen molar-refractivity contribution in [3.63, 3.8) is 0 Å². The zero-order valence-corrected chi connectivity index (χ0v) is 20.4. The summed E-state index contributed by atoms with van der Waals surface area (Å²) in [7, 11) is -4.80. The number of carbonyl (C=O) groups is 1. The molecule has 0 aromatic heterocycles. The summed E-state index contributed by atoms with van der Waals surface area (Å²) in [5.41, 5.74) is -1.46. The molecule has 0 aromatic carbocycles. The standard InChI is InChI=1S/C22H39N2O9P/c25-16-12-21-10-8-6-4-2-1-3-5-7-9-11-22(16,14-21)23-20(28)24(21)19-18(27)17(26)15(33-19)13-32-34(29,30)31/h15-19,25-27H,1-14H2,(H,23,28)(H2,29,30,31). The third-order valence-electron chi connectivity index (χ3n) is 8.21. The Hall–Kier alpha value is -0.780. The maximum atomic E-state index is 13.5. The summed E-state index contributed by atoms with van der Waals surface area (Å²) in [5, 5.41) is 35.4. The molecule has 7 atom stereocenters. The van der Waals surface area contributed by atoms with E-state index in [4.69, 9.17) is 14.5 Å². The van der Waals surface area contributed by atoms with Gasteiger partial charge in [0.1, 0.15) is 18.3 Å². The molecule has 2 saturated heterocycles. The molecule has 2 heterocycles. The molecule has 0 aromatic rings. The molecule has 6 N–H and O–H groups in total. The van der Waals surface area contributed by atoms with Gasteiger partial charge in [-0.25, -0.2) is 9.36 Å². The second-order valence-corrected chi connectivity index (χ2v) is 11.8. The van der Waals surface area contributed by atoms with E-state index in [-0.39, 0.29) is 0 Å². The van der Waals surface area contributed by atoms with Crippen LogP contribution in [0.1, 0.15) is 83.5 Å². The number of amides is 2. The highest BCUT2D eigenvalue weighted by atomic mass is 31.2. The van der Waals surface area contributed by atoms with Gasteiger partial charge < -0.3 is 35.2 Å². The van der Waals surface area contributed by atoms with Crippen LogP contribution in [0.5, 0.6) is 0 Å². The van der Waals surface area contributed by atoms with Crippen molar-refractivity contribution in [1.29, 1.82) is 0 Å². The van der Waals surface area contributed by atoms with Gasteiger partial charge in [-0.1, -0.05) is 57.8 Å². The Bertz CT molecular complexity index is 781. The van der Waals surface area contributed by atoms with Crippen LogP contribution < -0.4 is 5.32 Å². The van der Waals surface area contributed by atoms with Crippen LogP contribution in [-0.4, -0.2) is 84.4 Å². The molecule has 7 unspecified atom stereocenters. The first-order valence-electron chi connectivity index (χ1n) is 12.6. The van der Waals surface area contributed by atoms with Crippen molar-refractivity contribution in [2.24, 2.45) is 0 Å². The van der Waals surface area contributed by atoms with Gasteiger partial charge in [0.25, 0.3) is 0 Å². The Labute approximate surface area is 200 Å². The number of phosphoric ester groups is 1. The van der Waals surface area contributed by atoms with Crippen LogP contribution >= 0.6 is 7.82 Å². The van der Waals surface area contributed by atoms with Crippen LogP contribution in [0.25, 0.3) is 0 Å². The Kier molecular flexibility index (Phi) is 7.96. The molecule has 0 radical (unpaired) electrons. The lowest BCUT2D eigenvalue weighted by Gasteiger charge is -2.51. The average Bonchev–Trinajstić information content (AvgIpc) is 3.15. The molecule has 4 aliphatic rings. The molecule has 2 aliphatic heterocycles. The van der Waals surface area contributed by atoms with Gasteiger partial charge in [0.15, 0.2) is 6.23 Å². The van der Waals surface area contributed by atoms with Crippen LogP contribution in [0.2, 0.25) is 0 Å². The lowest BCUT2D eigenvalue weighted by molar-refractivity contribution is -0.121. The number of urea groups is 1. The highest BCUT2D eigenvalue weighted by Crippen LogP contribution is 2.52. The van der Waals surface area contributed by atoms with Gasteiger partial charge in [-0.05, 0) is 25.7 Å². The minimum atomic E-state index is -4.80. The van der Waals surface area contributed by atoms with Crippen LogP contribution in [0, 0.1) is 0 Å². The van der Waals surface area contributed by atoms with Gasteiger partial charge in [-0.2, -0.15) is 0 Å². The average molecular weight is 507 g/mol. The van der Waals surface area contributed by atoms with Gasteiger partial charge >= 0.3 is 13.9 Å². The molecule has 196 valence electrons. The van der Waals surface area contributed by atoms with E-state index < -0.39 is 62.2 Å². The molecule has 4 rings (SSSR count). The van der Waals surface area contributed by atoms with E-state index in [1.807, 2.05) is 0 Å². The third kappa shape index (κ3) is 5.32. The normalized spacial score (nSPS) is 42.3. The molecular weight excluding hydrogens is 467 g/mol. The van der Waals surface area contributed by atoms with E-state index in [2.05, 4.69) is 9.84 Å². The second kappa shape index (κ2) is 10.3. The molecule has 2 bridgehead atoms. The predicted molar refractivity (Wildman–Crippen MR) is 121 cm³/mol. The summed E-state index contributed by atoms with van der Waals surface area (Å²) in [6.07, 6.45) is 5.78. The fourth-order valence-corrected chi connectivity index (χ4v) is 6.87. The Morgan fingerprint density at radius 3 is 2.18 bits per heavy atom. The molecule has 34 heavy (non-hydrogen) atoms. The van der Waals surface area contributed by atoms with E-state index in [1.54, 1.807) is 0 Å². The van der Waals surface area contributed by atoms with Crippen molar-refractivity contribution in [3.8, 4) is 0 Å². The van der Waals surface area contributed by atoms with Crippen molar-refractivity contribution in [3.05, 3.63) is 0 Å². The maximum Gasteiger partial charge on any atom is 0.469 e. The SMILES string of the molecule is O=C1NC23CCCCCCCCCCCC(CC2O)(C3)N1C1OC(COP(=O)(O)O)C(O)C1O. The highest BCUT2D eigenvalue weighted by molar-refractivity contribution is 7.46. The number of aliphatic hydroxyl groups excluding tert-OH is 3. The van der Waals surface area contributed by atoms with Crippen LogP contribution in [-0.2, 0) is 13.8 Å². The molecule has 0 spiro atoms. The Balaban J connectivity index is 1.58. The lowest BCUT2D eigenvalue weighted by Crippen LogP contribution is -2.69. The first kappa shape index (κ1) is 26.3. The summed E-state index contributed by atoms with van der Waals surface area (Å²) in [5.74, 6) is 0. The quantitative estimate of drug-likeness (QED) is 0.309. The number of hydrogen-bond acceptors (Lipinski definition) is 7. The van der Waals surface area contributed by atoms with E-state index in [1.165, 1.54) is 24.2 Å². The molecule has 2 saturated carbocycles. The number of nitrogens with zero attached hydrogens (tertiary/aromatic N) is 1. The van der Waals surface area contributed by atoms with E-state index in [0.29, 0.717) is 25.7 Å². The molecule has 4 fully saturated rings. The Morgan fingerprint density at radius 1 is 0.971 bits per heavy atom. The van der Waals surface area contributed by atoms with Crippen molar-refractivity contribution in [2.45, 2.75) is 125 Å². The predicted octanol–water partition coefficient (Wildman–Crippen LogP) is 1.50. The molecule has 11 nitrogen and oxygen atoms in total. The fourth-order valence-electron chi connectivity index (χ4n) is 6.53. The number of aliphatic hydroxyl groups is 3. The van der Waals surface area contributed by atoms with Gasteiger partial charge in [0, 0.05) is 0 Å². The van der Waals surface area contributed by atoms with E-state index >= 15 is 0 Å². The minimum absolute atomic E-state index is 0.345. The molecule has 2 amide bonds. The topological polar surface area (TPSA) is 169 Å². The van der Waals surface area contributed by atoms with Gasteiger partial charge in [0.05, 0.1) is 23.8 Å². The third-order valence-corrected chi connectivity index (χ3v) is 8.69. The number of rotatable bonds is 4. The molecular formula is C22H39N2O9P. The summed E-state index contributed by atoms with van der Waals surface area (Å²) in [6, 6.07) is -0.456. The van der Waals surface area contributed by atoms with Crippen LogP contribution in [0.15, 0.2) is 0 Å². The summed E-state index contributed by atoms with van der Waals surface area (Å²) >= 11 is 0. The zero-order chi connectivity index (χ0) is 24.6. The van der Waals surface area contributed by atoms with Gasteiger partial charge in [-0.3, -0.25) is 9.42 Å². The summed E-state index contributed by atoms with van der Waals surface area (Å²) in [6.45, 7) is -0.631. The monoisotopic (exact) mass is 506 g/mol. The molecule has 12 heteroatoms. The second-order valence-electron chi connectivity index (χ2n) is 10.6. The first-order valence-corrected chi connectivity index (χ1v) is 14.1. The maximum absolute atomic E-state index is 13.5. The van der Waals surface area contributed by atoms with E-state index in [0.717, 1.165) is 38.5 Å². The molecule has 2 aliphatic carbocycles. The zero-order valence-electron chi connectivity index (χ0n) is 19.5. The smallest absolute Gasteiger partial charge is 0.391 e. The number of phosphoric acid groups is 1. The first-order chi connectivity index (χ1) is 16.1. The van der Waals surface area contributed by atoms with E-state index in [9.17, 15) is 24.7 Å². The van der Waals surface area contributed by atoms with Gasteiger partial charge in [-0.15, -0.1) is 0 Å². The summed E-state index contributed by atoms with van der Waals surface area (Å²) < 4.78 is 21.4. The lowest BCUT2D eigenvalue weighted by atomic mass is 9.80. The number of carbonyl (C=O) groups excluding carboxylic acids is 1. The number of nitrogens with one attached hydrogen (secondary N) is 1. The number of hydrogen-bond donors (Lipinski definition) is 6. The minimum Gasteiger partial charge on any atom is -0.391 e. The highest BCUT2D eigenvalue weighted by Gasteiger charge is 2.65. The van der Waals surface area contributed by atoms with Gasteiger partial charge in [0.2, 0.25) is 0 Å². The number of ether oxygens (including phenoxy) is 1. The van der Waals surface area contributed by atoms with Crippen molar-refractivity contribution in [1.82, 2.24) is 10.2 Å². The van der Waals surface area contributed by atoms with Crippen molar-refractivity contribution >= 4 is 13.9 Å². The fraction of sp³-hybridized carbons (Fsp3) is 0.955. The van der Waals surface area contributed by atoms with Crippen LogP contribution in [0.3, 0.4) is 0 Å². The van der Waals surface area contributed by atoms with Crippen molar-refractivity contribution < 1.29 is 43.7 Å².